The molecule has 0 aromatic heterocycles. The number of anilines is 2. The van der Waals surface area contributed by atoms with Crippen molar-refractivity contribution in [3.8, 4) is 0 Å². The minimum absolute atomic E-state index is 0.0866. The summed E-state index contributed by atoms with van der Waals surface area (Å²) in [6.07, 6.45) is -0.183. The summed E-state index contributed by atoms with van der Waals surface area (Å²) in [5, 5.41) is 4.33. The molecule has 0 spiro atoms. The van der Waals surface area contributed by atoms with Crippen molar-refractivity contribution < 1.29 is 18.0 Å². The van der Waals surface area contributed by atoms with E-state index in [1.54, 1.807) is 19.1 Å². The highest BCUT2D eigenvalue weighted by atomic mass is 79.9. The molecule has 9 heteroatoms. The van der Waals surface area contributed by atoms with E-state index in [4.69, 9.17) is 0 Å². The topological polar surface area (TPSA) is 92.3 Å². The van der Waals surface area contributed by atoms with Crippen molar-refractivity contribution in [2.24, 2.45) is 0 Å². The Balaban J connectivity index is 1.74. The average molecular weight is 497 g/mol. The van der Waals surface area contributed by atoms with Crippen LogP contribution in [-0.4, -0.2) is 30.7 Å². The Morgan fingerprint density at radius 2 is 2.00 bits per heavy atom. The number of aryl methyl sites for hydroxylation is 1. The Labute approximate surface area is 182 Å². The molecule has 0 fully saturated rings. The number of hydrogen-bond acceptors (Lipinski definition) is 5. The fraction of sp³-hybridized carbons (Fsp3) is 0.300. The molecule has 154 valence electrons. The van der Waals surface area contributed by atoms with Crippen LogP contribution in [0.25, 0.3) is 0 Å². The molecule has 2 aromatic carbocycles. The van der Waals surface area contributed by atoms with Gasteiger partial charge in [0.15, 0.2) is 9.84 Å². The number of benzene rings is 2. The van der Waals surface area contributed by atoms with Gasteiger partial charge in [-0.05, 0) is 72.6 Å². The van der Waals surface area contributed by atoms with Gasteiger partial charge in [-0.15, -0.1) is 11.8 Å². The quantitative estimate of drug-likeness (QED) is 0.640. The molecule has 29 heavy (non-hydrogen) atoms. The monoisotopic (exact) mass is 496 g/mol. The van der Waals surface area contributed by atoms with Crippen LogP contribution in [0.2, 0.25) is 0 Å². The summed E-state index contributed by atoms with van der Waals surface area (Å²) in [5.41, 5.74) is 2.12. The second kappa shape index (κ2) is 8.49. The maximum Gasteiger partial charge on any atom is 0.237 e. The van der Waals surface area contributed by atoms with Crippen LogP contribution in [0.1, 0.15) is 25.8 Å². The molecule has 2 amide bonds. The van der Waals surface area contributed by atoms with E-state index in [0.717, 1.165) is 14.9 Å². The van der Waals surface area contributed by atoms with Gasteiger partial charge in [0.2, 0.25) is 11.8 Å². The Hall–Kier alpha value is -1.84. The molecule has 1 aliphatic heterocycles. The SMILES string of the molecule is Cc1ccc(NC(=O)C[C@@H](C)S(=O)(=O)c2ccc3c(c2)NC(=O)[C@H](C)S3)c(Br)c1. The van der Waals surface area contributed by atoms with Crippen LogP contribution in [0.15, 0.2) is 50.7 Å². The maximum absolute atomic E-state index is 13.0. The van der Waals surface area contributed by atoms with Gasteiger partial charge in [0, 0.05) is 15.8 Å². The van der Waals surface area contributed by atoms with Crippen molar-refractivity contribution in [2.75, 3.05) is 10.6 Å². The molecule has 0 radical (unpaired) electrons. The van der Waals surface area contributed by atoms with E-state index in [1.807, 2.05) is 19.1 Å². The molecule has 0 unspecified atom stereocenters. The summed E-state index contributed by atoms with van der Waals surface area (Å²) in [7, 11) is -3.74. The number of amides is 2. The molecule has 0 saturated heterocycles. The van der Waals surface area contributed by atoms with Gasteiger partial charge >= 0.3 is 0 Å². The highest BCUT2D eigenvalue weighted by Crippen LogP contribution is 2.37. The van der Waals surface area contributed by atoms with Crippen LogP contribution in [0.5, 0.6) is 0 Å². The van der Waals surface area contributed by atoms with Crippen molar-refractivity contribution in [1.82, 2.24) is 0 Å². The van der Waals surface area contributed by atoms with Crippen LogP contribution < -0.4 is 10.6 Å². The van der Waals surface area contributed by atoms with Crippen molar-refractivity contribution in [3.05, 3.63) is 46.4 Å². The zero-order valence-electron chi connectivity index (χ0n) is 16.2. The average Bonchev–Trinajstić information content (AvgIpc) is 2.64. The lowest BCUT2D eigenvalue weighted by molar-refractivity contribution is -0.116. The second-order valence-corrected chi connectivity index (χ2v) is 11.6. The number of nitrogens with one attached hydrogen (secondary N) is 2. The van der Waals surface area contributed by atoms with Crippen LogP contribution in [0.4, 0.5) is 11.4 Å². The van der Waals surface area contributed by atoms with Crippen LogP contribution in [0.3, 0.4) is 0 Å². The number of halogens is 1. The largest absolute Gasteiger partial charge is 0.325 e. The zero-order chi connectivity index (χ0) is 21.3. The second-order valence-electron chi connectivity index (χ2n) is 7.00. The standard InChI is InChI=1S/C20H21BrN2O4S2/c1-11-4-6-16(15(21)8-11)22-19(24)9-12(2)29(26,27)14-5-7-18-17(10-14)23-20(25)13(3)28-18/h4-8,10,12-13H,9H2,1-3H3,(H,22,24)(H,23,25)/t12-,13+/m1/s1. The number of thioether (sulfide) groups is 1. The molecule has 3 rings (SSSR count). The highest BCUT2D eigenvalue weighted by molar-refractivity contribution is 9.10. The maximum atomic E-state index is 13.0. The fourth-order valence-electron chi connectivity index (χ4n) is 2.89. The summed E-state index contributed by atoms with van der Waals surface area (Å²) >= 11 is 4.78. The van der Waals surface area contributed by atoms with Gasteiger partial charge < -0.3 is 10.6 Å². The van der Waals surface area contributed by atoms with E-state index in [1.165, 1.54) is 30.8 Å². The number of carbonyl (C=O) groups is 2. The molecule has 2 aromatic rings. The van der Waals surface area contributed by atoms with E-state index in [2.05, 4.69) is 26.6 Å². The lowest BCUT2D eigenvalue weighted by Gasteiger charge is -2.22. The van der Waals surface area contributed by atoms with Gasteiger partial charge in [0.25, 0.3) is 0 Å². The predicted molar refractivity (Wildman–Crippen MR) is 119 cm³/mol. The highest BCUT2D eigenvalue weighted by Gasteiger charge is 2.29. The number of sulfone groups is 1. The summed E-state index contributed by atoms with van der Waals surface area (Å²) < 4.78 is 26.6. The summed E-state index contributed by atoms with van der Waals surface area (Å²) in [5.74, 6) is -0.547. The molecule has 6 nitrogen and oxygen atoms in total. The van der Waals surface area contributed by atoms with Crippen molar-refractivity contribution >= 4 is 60.7 Å². The van der Waals surface area contributed by atoms with E-state index in [0.29, 0.717) is 11.4 Å². The summed E-state index contributed by atoms with van der Waals surface area (Å²) in [6.45, 7) is 5.24. The van der Waals surface area contributed by atoms with Crippen LogP contribution in [-0.2, 0) is 19.4 Å². The first kappa shape index (κ1) is 21.9. The zero-order valence-corrected chi connectivity index (χ0v) is 19.4. The lowest BCUT2D eigenvalue weighted by Crippen LogP contribution is -2.27. The van der Waals surface area contributed by atoms with Crippen LogP contribution in [0, 0.1) is 6.92 Å². The van der Waals surface area contributed by atoms with Gasteiger partial charge in [-0.3, -0.25) is 9.59 Å². The fourth-order valence-corrected chi connectivity index (χ4v) is 5.79. The van der Waals surface area contributed by atoms with E-state index in [-0.39, 0.29) is 28.4 Å². The van der Waals surface area contributed by atoms with Crippen molar-refractivity contribution in [3.63, 3.8) is 0 Å². The Morgan fingerprint density at radius 1 is 1.28 bits per heavy atom. The summed E-state index contributed by atoms with van der Waals surface area (Å²) in [4.78, 5) is 25.2. The van der Waals surface area contributed by atoms with E-state index < -0.39 is 15.1 Å². The van der Waals surface area contributed by atoms with Gasteiger partial charge in [-0.1, -0.05) is 6.07 Å². The molecule has 0 bridgehead atoms. The Kier molecular flexibility index (Phi) is 6.40. The number of fused-ring (bicyclic) bond motifs is 1. The lowest BCUT2D eigenvalue weighted by atomic mass is 10.2. The van der Waals surface area contributed by atoms with Crippen molar-refractivity contribution in [2.45, 2.75) is 47.5 Å². The third-order valence-electron chi connectivity index (χ3n) is 4.61. The molecule has 1 aliphatic rings. The predicted octanol–water partition coefficient (Wildman–Crippen LogP) is 4.38. The molecular formula is C20H21BrN2O4S2. The first-order chi connectivity index (χ1) is 13.6. The van der Waals surface area contributed by atoms with Crippen LogP contribution >= 0.6 is 27.7 Å². The normalized spacial score (nSPS) is 17.2. The van der Waals surface area contributed by atoms with Gasteiger partial charge in [-0.2, -0.15) is 0 Å². The van der Waals surface area contributed by atoms with Gasteiger partial charge in [-0.25, -0.2) is 8.42 Å². The first-order valence-electron chi connectivity index (χ1n) is 8.99. The van der Waals surface area contributed by atoms with Gasteiger partial charge in [0.05, 0.1) is 26.8 Å². The Bertz CT molecular complexity index is 1090. The minimum Gasteiger partial charge on any atom is -0.325 e. The third kappa shape index (κ3) is 4.84. The molecule has 2 N–H and O–H groups in total. The smallest absolute Gasteiger partial charge is 0.237 e. The first-order valence-corrected chi connectivity index (χ1v) is 12.2. The minimum atomic E-state index is -3.74. The molecule has 2 atom stereocenters. The number of rotatable bonds is 5. The van der Waals surface area contributed by atoms with E-state index >= 15 is 0 Å². The molecule has 0 aliphatic carbocycles. The third-order valence-corrected chi connectivity index (χ3v) is 8.58. The number of hydrogen-bond donors (Lipinski definition) is 2. The molecule has 1 heterocycles. The van der Waals surface area contributed by atoms with Crippen molar-refractivity contribution in [1.29, 1.82) is 0 Å². The molecular weight excluding hydrogens is 476 g/mol. The Morgan fingerprint density at radius 3 is 2.69 bits per heavy atom. The number of carbonyl (C=O) groups excluding carboxylic acids is 2. The van der Waals surface area contributed by atoms with Gasteiger partial charge in [0.1, 0.15) is 0 Å². The molecule has 0 saturated carbocycles. The summed E-state index contributed by atoms with van der Waals surface area (Å²) in [6, 6.07) is 10.2. The van der Waals surface area contributed by atoms with E-state index in [9.17, 15) is 18.0 Å².